The van der Waals surface area contributed by atoms with Gasteiger partial charge >= 0.3 is 5.97 Å². The zero-order chi connectivity index (χ0) is 26.8. The van der Waals surface area contributed by atoms with Crippen LogP contribution in [0.1, 0.15) is 37.9 Å². The Morgan fingerprint density at radius 2 is 1.47 bits per heavy atom. The summed E-state index contributed by atoms with van der Waals surface area (Å²) in [6.07, 6.45) is -1.26. The third-order valence-corrected chi connectivity index (χ3v) is 7.02. The number of ketones is 2. The predicted molar refractivity (Wildman–Crippen MR) is 144 cm³/mol. The van der Waals surface area contributed by atoms with Crippen LogP contribution in [0, 0.1) is 12.8 Å². The molecule has 0 fully saturated rings. The molecule has 0 bridgehead atoms. The minimum Gasteiger partial charge on any atom is -0.453 e. The number of halogens is 1. The van der Waals surface area contributed by atoms with Crippen LogP contribution in [-0.2, 0) is 14.3 Å². The number of hydrogen-bond acceptors (Lipinski definition) is 5. The molecule has 1 N–H and O–H groups in total. The summed E-state index contributed by atoms with van der Waals surface area (Å²) in [5.41, 5.74) is 3.16. The van der Waals surface area contributed by atoms with Gasteiger partial charge in [-0.15, -0.1) is 0 Å². The molecule has 4 aromatic carbocycles. The van der Waals surface area contributed by atoms with E-state index in [1.807, 2.05) is 30.3 Å². The number of Topliss-reactive ketones (excluding diaryl/α,β-unsaturated/α-hetero) is 2. The number of anilines is 1. The summed E-state index contributed by atoms with van der Waals surface area (Å²) in [4.78, 5) is 53.8. The highest BCUT2D eigenvalue weighted by atomic mass is 35.5. The highest BCUT2D eigenvalue weighted by Gasteiger charge is 2.46. The van der Waals surface area contributed by atoms with Gasteiger partial charge in [-0.2, -0.15) is 0 Å². The zero-order valence-electron chi connectivity index (χ0n) is 20.3. The topological polar surface area (TPSA) is 89.5 Å². The van der Waals surface area contributed by atoms with E-state index in [1.165, 1.54) is 0 Å². The van der Waals surface area contributed by atoms with Gasteiger partial charge in [-0.1, -0.05) is 90.5 Å². The molecule has 0 unspecified atom stereocenters. The lowest BCUT2D eigenvalue weighted by atomic mass is 9.82. The van der Waals surface area contributed by atoms with Gasteiger partial charge < -0.3 is 10.1 Å². The standard InChI is InChI=1S/C31H22ClNO5/c1-18-24(32)16-9-17-25(18)33-30(36)28(35)26(29-22-14-7-8-15-23(22)31(37)38-29)27(34)21-13-6-5-12-20(21)19-10-3-2-4-11-19/h2-17,26,29H,1H3,(H,33,36)/t26-,29+/m0/s1. The molecule has 5 rings (SSSR count). The molecule has 6 nitrogen and oxygen atoms in total. The maximum atomic E-state index is 14.1. The van der Waals surface area contributed by atoms with Crippen molar-refractivity contribution in [3.05, 3.63) is 124 Å². The molecule has 4 aromatic rings. The van der Waals surface area contributed by atoms with E-state index in [9.17, 15) is 19.2 Å². The number of carbonyl (C=O) groups is 4. The van der Waals surface area contributed by atoms with Crippen molar-refractivity contribution in [2.75, 3.05) is 5.32 Å². The largest absolute Gasteiger partial charge is 0.453 e. The van der Waals surface area contributed by atoms with Crippen LogP contribution in [0.3, 0.4) is 0 Å². The molecule has 0 aromatic heterocycles. The molecule has 0 saturated carbocycles. The van der Waals surface area contributed by atoms with Gasteiger partial charge in [0.15, 0.2) is 5.78 Å². The Labute approximate surface area is 224 Å². The van der Waals surface area contributed by atoms with Gasteiger partial charge in [0.2, 0.25) is 5.78 Å². The summed E-state index contributed by atoms with van der Waals surface area (Å²) < 4.78 is 5.56. The average molecular weight is 524 g/mol. The number of esters is 1. The number of nitrogens with one attached hydrogen (secondary N) is 1. The van der Waals surface area contributed by atoms with Gasteiger partial charge in [0.05, 0.1) is 5.56 Å². The second-order valence-electron chi connectivity index (χ2n) is 8.90. The first-order chi connectivity index (χ1) is 18.4. The molecule has 1 heterocycles. The molecule has 0 aliphatic carbocycles. The molecule has 0 saturated heterocycles. The first-order valence-electron chi connectivity index (χ1n) is 12.0. The van der Waals surface area contributed by atoms with Crippen LogP contribution in [0.15, 0.2) is 97.1 Å². The van der Waals surface area contributed by atoms with Crippen molar-refractivity contribution in [1.29, 1.82) is 0 Å². The zero-order valence-corrected chi connectivity index (χ0v) is 21.1. The molecule has 1 aliphatic rings. The summed E-state index contributed by atoms with van der Waals surface area (Å²) in [6.45, 7) is 1.70. The number of hydrogen-bond donors (Lipinski definition) is 1. The first kappa shape index (κ1) is 25.1. The van der Waals surface area contributed by atoms with Crippen LogP contribution in [-0.4, -0.2) is 23.4 Å². The fourth-order valence-corrected chi connectivity index (χ4v) is 4.79. The van der Waals surface area contributed by atoms with Gasteiger partial charge in [-0.05, 0) is 41.8 Å². The molecule has 1 aliphatic heterocycles. The minimum atomic E-state index is -1.60. The third kappa shape index (κ3) is 4.62. The summed E-state index contributed by atoms with van der Waals surface area (Å²) in [5.74, 6) is -4.91. The number of cyclic esters (lactones) is 1. The van der Waals surface area contributed by atoms with Crippen molar-refractivity contribution < 1.29 is 23.9 Å². The number of ether oxygens (including phenoxy) is 1. The molecule has 2 atom stereocenters. The van der Waals surface area contributed by atoms with Crippen LogP contribution < -0.4 is 5.32 Å². The lowest BCUT2D eigenvalue weighted by Gasteiger charge is -2.22. The number of rotatable bonds is 7. The van der Waals surface area contributed by atoms with E-state index in [0.717, 1.165) is 5.56 Å². The Morgan fingerprint density at radius 1 is 0.816 bits per heavy atom. The lowest BCUT2D eigenvalue weighted by Crippen LogP contribution is -2.38. The highest BCUT2D eigenvalue weighted by Crippen LogP contribution is 2.39. The Kier molecular flexibility index (Phi) is 6.90. The molecule has 0 spiro atoms. The minimum absolute atomic E-state index is 0.240. The molecule has 188 valence electrons. The summed E-state index contributed by atoms with van der Waals surface area (Å²) in [6, 6.07) is 27.6. The van der Waals surface area contributed by atoms with Gasteiger partial charge in [0.1, 0.15) is 12.0 Å². The number of carbonyl (C=O) groups excluding carboxylic acids is 4. The first-order valence-corrected chi connectivity index (χ1v) is 12.3. The summed E-state index contributed by atoms with van der Waals surface area (Å²) in [5, 5.41) is 2.99. The van der Waals surface area contributed by atoms with Crippen LogP contribution in [0.25, 0.3) is 11.1 Å². The van der Waals surface area contributed by atoms with E-state index in [0.29, 0.717) is 27.4 Å². The molecular formula is C31H22ClNO5. The van der Waals surface area contributed by atoms with Crippen molar-refractivity contribution >= 4 is 40.7 Å². The average Bonchev–Trinajstić information content (AvgIpc) is 3.27. The smallest absolute Gasteiger partial charge is 0.339 e. The van der Waals surface area contributed by atoms with Crippen molar-refractivity contribution in [1.82, 2.24) is 0 Å². The molecule has 7 heteroatoms. The van der Waals surface area contributed by atoms with E-state index >= 15 is 0 Å². The third-order valence-electron chi connectivity index (χ3n) is 6.61. The van der Waals surface area contributed by atoms with Crippen LogP contribution in [0.4, 0.5) is 5.69 Å². The Bertz CT molecular complexity index is 1580. The molecule has 0 radical (unpaired) electrons. The number of fused-ring (bicyclic) bond motifs is 1. The maximum absolute atomic E-state index is 14.1. The second kappa shape index (κ2) is 10.4. The monoisotopic (exact) mass is 523 g/mol. The van der Waals surface area contributed by atoms with Gasteiger partial charge in [0, 0.05) is 21.8 Å². The maximum Gasteiger partial charge on any atom is 0.339 e. The lowest BCUT2D eigenvalue weighted by molar-refractivity contribution is -0.138. The van der Waals surface area contributed by atoms with Gasteiger partial charge in [-0.25, -0.2) is 4.79 Å². The van der Waals surface area contributed by atoms with E-state index < -0.39 is 35.5 Å². The Morgan fingerprint density at radius 3 is 2.24 bits per heavy atom. The SMILES string of the molecule is Cc1c(Cl)cccc1NC(=O)C(=O)[C@H](C(=O)c1ccccc1-c1ccccc1)[C@@H]1OC(=O)c2ccccc21. The Balaban J connectivity index is 1.58. The number of benzene rings is 4. The molecule has 1 amide bonds. The van der Waals surface area contributed by atoms with Crippen molar-refractivity contribution in [2.24, 2.45) is 5.92 Å². The predicted octanol–water partition coefficient (Wildman–Crippen LogP) is 6.23. The van der Waals surface area contributed by atoms with Crippen molar-refractivity contribution in [3.8, 4) is 11.1 Å². The summed E-state index contributed by atoms with van der Waals surface area (Å²) >= 11 is 6.17. The van der Waals surface area contributed by atoms with Crippen LogP contribution in [0.5, 0.6) is 0 Å². The van der Waals surface area contributed by atoms with Crippen LogP contribution >= 0.6 is 11.6 Å². The Hall–Kier alpha value is -4.55. The summed E-state index contributed by atoms with van der Waals surface area (Å²) in [7, 11) is 0. The highest BCUT2D eigenvalue weighted by molar-refractivity contribution is 6.45. The second-order valence-corrected chi connectivity index (χ2v) is 9.30. The van der Waals surface area contributed by atoms with E-state index in [2.05, 4.69) is 5.32 Å². The van der Waals surface area contributed by atoms with Gasteiger partial charge in [-0.3, -0.25) is 14.4 Å². The number of amides is 1. The van der Waals surface area contributed by atoms with Crippen molar-refractivity contribution in [2.45, 2.75) is 13.0 Å². The fraction of sp³-hybridized carbons (Fsp3) is 0.0968. The van der Waals surface area contributed by atoms with Crippen molar-refractivity contribution in [3.63, 3.8) is 0 Å². The molecule has 38 heavy (non-hydrogen) atoms. The fourth-order valence-electron chi connectivity index (χ4n) is 4.62. The van der Waals surface area contributed by atoms with Crippen LogP contribution in [0.2, 0.25) is 5.02 Å². The van der Waals surface area contributed by atoms with Gasteiger partial charge in [0.25, 0.3) is 5.91 Å². The normalized spacial score (nSPS) is 14.8. The van der Waals surface area contributed by atoms with E-state index in [-0.39, 0.29) is 11.1 Å². The quantitative estimate of drug-likeness (QED) is 0.134. The van der Waals surface area contributed by atoms with E-state index in [4.69, 9.17) is 16.3 Å². The van der Waals surface area contributed by atoms with E-state index in [1.54, 1.807) is 73.7 Å². The molecular weight excluding hydrogens is 502 g/mol.